The molecule has 0 heterocycles. The number of hydrogen-bond acceptors (Lipinski definition) is 1. The molecule has 0 radical (unpaired) electrons. The van der Waals surface area contributed by atoms with E-state index in [0.29, 0.717) is 6.04 Å². The van der Waals surface area contributed by atoms with Crippen molar-refractivity contribution in [2.24, 2.45) is 35.3 Å². The van der Waals surface area contributed by atoms with Crippen LogP contribution in [0.25, 0.3) is 0 Å². The molecule has 3 atom stereocenters. The summed E-state index contributed by atoms with van der Waals surface area (Å²) in [5.74, 6) is 4.87. The highest BCUT2D eigenvalue weighted by molar-refractivity contribution is 4.94. The van der Waals surface area contributed by atoms with Crippen molar-refractivity contribution in [2.75, 3.05) is 0 Å². The van der Waals surface area contributed by atoms with Crippen LogP contribution in [0.3, 0.4) is 0 Å². The molecule has 2 unspecified atom stereocenters. The molecule has 2 fully saturated rings. The molecular formula is C16H31N. The number of nitrogens with two attached hydrogens (primary N) is 1. The van der Waals surface area contributed by atoms with Gasteiger partial charge in [-0.15, -0.1) is 0 Å². The minimum absolute atomic E-state index is 0.532. The zero-order chi connectivity index (χ0) is 12.4. The van der Waals surface area contributed by atoms with Gasteiger partial charge in [-0.05, 0) is 48.9 Å². The first-order valence-corrected chi connectivity index (χ1v) is 7.83. The molecule has 1 nitrogen and oxygen atoms in total. The van der Waals surface area contributed by atoms with Crippen LogP contribution in [-0.4, -0.2) is 6.04 Å². The molecule has 0 aromatic heterocycles. The Hall–Kier alpha value is -0.0400. The molecule has 100 valence electrons. The SMILES string of the molecule is CC(C)CCCC1CCC(C)[C@H]1C1CC(N)C1. The fourth-order valence-corrected chi connectivity index (χ4v) is 4.32. The number of rotatable bonds is 5. The molecule has 2 rings (SSSR count). The van der Waals surface area contributed by atoms with Gasteiger partial charge in [0.1, 0.15) is 0 Å². The minimum atomic E-state index is 0.532. The maximum Gasteiger partial charge on any atom is 0.00443 e. The average molecular weight is 237 g/mol. The molecule has 0 aliphatic heterocycles. The fourth-order valence-electron chi connectivity index (χ4n) is 4.32. The van der Waals surface area contributed by atoms with Crippen molar-refractivity contribution in [3.63, 3.8) is 0 Å². The molecule has 17 heavy (non-hydrogen) atoms. The van der Waals surface area contributed by atoms with Crippen molar-refractivity contribution < 1.29 is 0 Å². The van der Waals surface area contributed by atoms with Gasteiger partial charge in [0.15, 0.2) is 0 Å². The summed E-state index contributed by atoms with van der Waals surface area (Å²) in [6.45, 7) is 7.18. The van der Waals surface area contributed by atoms with Crippen molar-refractivity contribution in [1.29, 1.82) is 0 Å². The van der Waals surface area contributed by atoms with Crippen LogP contribution in [0.5, 0.6) is 0 Å². The van der Waals surface area contributed by atoms with Crippen LogP contribution in [0.2, 0.25) is 0 Å². The highest BCUT2D eigenvalue weighted by Crippen LogP contribution is 2.49. The Kier molecular flexibility index (Phi) is 4.52. The molecule has 2 aliphatic carbocycles. The summed E-state index contributed by atoms with van der Waals surface area (Å²) in [6, 6.07) is 0.532. The minimum Gasteiger partial charge on any atom is -0.328 e. The third kappa shape index (κ3) is 3.24. The zero-order valence-electron chi connectivity index (χ0n) is 12.0. The third-order valence-electron chi connectivity index (χ3n) is 5.31. The Morgan fingerprint density at radius 3 is 2.47 bits per heavy atom. The fraction of sp³-hybridized carbons (Fsp3) is 1.00. The second-order valence-corrected chi connectivity index (χ2v) is 7.21. The van der Waals surface area contributed by atoms with Gasteiger partial charge in [0.25, 0.3) is 0 Å². The maximum absolute atomic E-state index is 5.97. The second-order valence-electron chi connectivity index (χ2n) is 7.21. The van der Waals surface area contributed by atoms with Gasteiger partial charge < -0.3 is 5.73 Å². The summed E-state index contributed by atoms with van der Waals surface area (Å²) in [5.41, 5.74) is 5.97. The van der Waals surface area contributed by atoms with E-state index in [1.807, 2.05) is 0 Å². The Labute approximate surface area is 108 Å². The Balaban J connectivity index is 1.79. The van der Waals surface area contributed by atoms with Crippen molar-refractivity contribution in [3.05, 3.63) is 0 Å². The molecule has 0 saturated heterocycles. The second kappa shape index (κ2) is 5.73. The Bertz CT molecular complexity index is 230. The molecule has 2 aliphatic rings. The van der Waals surface area contributed by atoms with Gasteiger partial charge in [-0.3, -0.25) is 0 Å². The van der Waals surface area contributed by atoms with Crippen LogP contribution in [0.15, 0.2) is 0 Å². The predicted molar refractivity (Wildman–Crippen MR) is 74.8 cm³/mol. The van der Waals surface area contributed by atoms with Crippen LogP contribution in [0.4, 0.5) is 0 Å². The first kappa shape index (κ1) is 13.4. The monoisotopic (exact) mass is 237 g/mol. The van der Waals surface area contributed by atoms with E-state index in [-0.39, 0.29) is 0 Å². The lowest BCUT2D eigenvalue weighted by molar-refractivity contribution is 0.108. The summed E-state index contributed by atoms with van der Waals surface area (Å²) < 4.78 is 0. The Morgan fingerprint density at radius 1 is 1.18 bits per heavy atom. The van der Waals surface area contributed by atoms with Gasteiger partial charge in [0.2, 0.25) is 0 Å². The molecule has 0 aromatic rings. The molecule has 2 N–H and O–H groups in total. The van der Waals surface area contributed by atoms with E-state index in [4.69, 9.17) is 5.73 Å². The highest BCUT2D eigenvalue weighted by atomic mass is 14.7. The quantitative estimate of drug-likeness (QED) is 0.761. The zero-order valence-corrected chi connectivity index (χ0v) is 12.0. The molecule has 0 bridgehead atoms. The van der Waals surface area contributed by atoms with E-state index in [0.717, 1.165) is 29.6 Å². The van der Waals surface area contributed by atoms with E-state index in [9.17, 15) is 0 Å². The topological polar surface area (TPSA) is 26.0 Å². The van der Waals surface area contributed by atoms with E-state index in [1.165, 1.54) is 44.9 Å². The van der Waals surface area contributed by atoms with Crippen LogP contribution >= 0.6 is 0 Å². The molecule has 0 amide bonds. The largest absolute Gasteiger partial charge is 0.328 e. The van der Waals surface area contributed by atoms with Crippen LogP contribution in [0.1, 0.15) is 65.7 Å². The molecular weight excluding hydrogens is 206 g/mol. The van der Waals surface area contributed by atoms with E-state index >= 15 is 0 Å². The van der Waals surface area contributed by atoms with Crippen molar-refractivity contribution in [3.8, 4) is 0 Å². The van der Waals surface area contributed by atoms with Crippen molar-refractivity contribution >= 4 is 0 Å². The van der Waals surface area contributed by atoms with E-state index in [1.54, 1.807) is 0 Å². The summed E-state index contributed by atoms with van der Waals surface area (Å²) in [5, 5.41) is 0. The lowest BCUT2D eigenvalue weighted by atomic mass is 9.66. The van der Waals surface area contributed by atoms with Gasteiger partial charge in [-0.25, -0.2) is 0 Å². The molecule has 0 spiro atoms. The first-order chi connectivity index (χ1) is 8.08. The van der Waals surface area contributed by atoms with E-state index < -0.39 is 0 Å². The van der Waals surface area contributed by atoms with Gasteiger partial charge in [-0.1, -0.05) is 46.5 Å². The molecule has 0 aromatic carbocycles. The van der Waals surface area contributed by atoms with Gasteiger partial charge >= 0.3 is 0 Å². The lowest BCUT2D eigenvalue weighted by Gasteiger charge is -2.41. The third-order valence-corrected chi connectivity index (χ3v) is 5.31. The summed E-state index contributed by atoms with van der Waals surface area (Å²) in [7, 11) is 0. The first-order valence-electron chi connectivity index (χ1n) is 7.83. The van der Waals surface area contributed by atoms with Gasteiger partial charge in [0.05, 0.1) is 0 Å². The predicted octanol–water partition coefficient (Wildman–Crippen LogP) is 4.21. The van der Waals surface area contributed by atoms with Crippen LogP contribution in [0, 0.1) is 29.6 Å². The smallest absolute Gasteiger partial charge is 0.00443 e. The van der Waals surface area contributed by atoms with Crippen molar-refractivity contribution in [1.82, 2.24) is 0 Å². The summed E-state index contributed by atoms with van der Waals surface area (Å²) >= 11 is 0. The summed E-state index contributed by atoms with van der Waals surface area (Å²) in [4.78, 5) is 0. The van der Waals surface area contributed by atoms with Gasteiger partial charge in [-0.2, -0.15) is 0 Å². The maximum atomic E-state index is 5.97. The summed E-state index contributed by atoms with van der Waals surface area (Å²) in [6.07, 6.45) is 9.95. The van der Waals surface area contributed by atoms with Crippen molar-refractivity contribution in [2.45, 2.75) is 71.8 Å². The van der Waals surface area contributed by atoms with E-state index in [2.05, 4.69) is 20.8 Å². The Morgan fingerprint density at radius 2 is 1.88 bits per heavy atom. The van der Waals surface area contributed by atoms with Crippen LogP contribution < -0.4 is 5.73 Å². The van der Waals surface area contributed by atoms with Gasteiger partial charge in [0, 0.05) is 6.04 Å². The normalized spacial score (nSPS) is 41.8. The molecule has 1 heteroatoms. The van der Waals surface area contributed by atoms with Crippen LogP contribution in [-0.2, 0) is 0 Å². The standard InChI is InChI=1S/C16H31N/c1-11(2)5-4-6-13-8-7-12(3)16(13)14-9-15(17)10-14/h11-16H,4-10,17H2,1-3H3/t12?,13?,14?,15?,16-/m1/s1. The number of hydrogen-bond donors (Lipinski definition) is 1. The highest BCUT2D eigenvalue weighted by Gasteiger charge is 2.42. The lowest BCUT2D eigenvalue weighted by Crippen LogP contribution is -2.42. The molecule has 2 saturated carbocycles. The average Bonchev–Trinajstić information content (AvgIpc) is 2.55.